The molecule has 0 saturated carbocycles. The van der Waals surface area contributed by atoms with Gasteiger partial charge in [0.1, 0.15) is 6.61 Å². The first-order chi connectivity index (χ1) is 15.0. The minimum absolute atomic E-state index is 0.0907. The fraction of sp³-hybridized carbons (Fsp3) is 0.200. The minimum Gasteiger partial charge on any atom is -0.481 e. The van der Waals surface area contributed by atoms with Crippen LogP contribution in [0.1, 0.15) is 34.9 Å². The number of esters is 1. The van der Waals surface area contributed by atoms with Gasteiger partial charge in [0.15, 0.2) is 0 Å². The fourth-order valence-electron chi connectivity index (χ4n) is 4.27. The average Bonchev–Trinajstić information content (AvgIpc) is 3.06. The molecule has 1 aliphatic rings. The van der Waals surface area contributed by atoms with Crippen LogP contribution in [0.3, 0.4) is 0 Å². The predicted octanol–water partition coefficient (Wildman–Crippen LogP) is 4.58. The molecule has 5 nitrogen and oxygen atoms in total. The van der Waals surface area contributed by atoms with Crippen LogP contribution in [0.15, 0.2) is 72.8 Å². The molecule has 0 saturated heterocycles. The van der Waals surface area contributed by atoms with Crippen molar-refractivity contribution in [1.29, 1.82) is 0 Å². The Morgan fingerprint density at radius 3 is 2.16 bits per heavy atom. The zero-order chi connectivity index (χ0) is 22.0. The topological polar surface area (TPSA) is 89.6 Å². The van der Waals surface area contributed by atoms with Gasteiger partial charge >= 0.3 is 11.9 Å². The summed E-state index contributed by atoms with van der Waals surface area (Å²) in [5, 5.41) is 9.62. The van der Waals surface area contributed by atoms with Gasteiger partial charge in [-0.15, -0.1) is 0 Å². The van der Waals surface area contributed by atoms with E-state index in [2.05, 4.69) is 12.1 Å². The summed E-state index contributed by atoms with van der Waals surface area (Å²) in [5.41, 5.74) is 11.1. The Kier molecular flexibility index (Phi) is 6.07. The molecule has 158 valence electrons. The maximum absolute atomic E-state index is 13.1. The predicted molar refractivity (Wildman–Crippen MR) is 119 cm³/mol. The molecule has 3 aromatic carbocycles. The van der Waals surface area contributed by atoms with Crippen LogP contribution in [-0.4, -0.2) is 29.7 Å². The molecule has 3 N–H and O–H groups in total. The van der Waals surface area contributed by atoms with Crippen molar-refractivity contribution in [3.8, 4) is 11.1 Å². The van der Waals surface area contributed by atoms with Crippen LogP contribution in [-0.2, 0) is 14.3 Å². The zero-order valence-corrected chi connectivity index (χ0v) is 17.5. The van der Waals surface area contributed by atoms with Gasteiger partial charge in [0.05, 0.1) is 12.3 Å². The van der Waals surface area contributed by atoms with Crippen molar-refractivity contribution in [3.05, 3.63) is 94.5 Å². The summed E-state index contributed by atoms with van der Waals surface area (Å²) in [6.45, 7) is 0.143. The number of carbonyl (C=O) groups is 2. The maximum atomic E-state index is 13.1. The van der Waals surface area contributed by atoms with Crippen molar-refractivity contribution in [2.75, 3.05) is 6.61 Å². The van der Waals surface area contributed by atoms with E-state index < -0.39 is 23.9 Å². The molecule has 0 amide bonds. The van der Waals surface area contributed by atoms with Crippen LogP contribution in [0.2, 0.25) is 5.02 Å². The van der Waals surface area contributed by atoms with Gasteiger partial charge in [0, 0.05) is 17.0 Å². The third-order valence-electron chi connectivity index (χ3n) is 5.66. The summed E-state index contributed by atoms with van der Waals surface area (Å²) >= 11 is 6.09. The van der Waals surface area contributed by atoms with Crippen molar-refractivity contribution in [1.82, 2.24) is 0 Å². The number of nitrogens with two attached hydrogens (primary N) is 1. The molecule has 1 aliphatic carbocycles. The molecule has 6 heteroatoms. The van der Waals surface area contributed by atoms with E-state index in [0.29, 0.717) is 10.6 Å². The first kappa shape index (κ1) is 21.1. The molecule has 0 spiro atoms. The SMILES string of the molecule is N[C@@H](CC(=O)O)C(C(=O)OCC1c2ccccc2-c2ccccc21)c1cccc(Cl)c1. The molecule has 0 heterocycles. The summed E-state index contributed by atoms with van der Waals surface area (Å²) in [4.78, 5) is 24.3. The number of benzene rings is 3. The molecule has 4 rings (SSSR count). The Balaban J connectivity index is 1.59. The normalized spacial score (nSPS) is 14.4. The average molecular weight is 436 g/mol. The highest BCUT2D eigenvalue weighted by atomic mass is 35.5. The van der Waals surface area contributed by atoms with Crippen LogP contribution in [0.4, 0.5) is 0 Å². The van der Waals surface area contributed by atoms with E-state index in [1.165, 1.54) is 0 Å². The molecule has 0 radical (unpaired) electrons. The number of hydrogen-bond donors (Lipinski definition) is 2. The largest absolute Gasteiger partial charge is 0.481 e. The quantitative estimate of drug-likeness (QED) is 0.530. The highest BCUT2D eigenvalue weighted by Crippen LogP contribution is 2.44. The molecule has 0 bridgehead atoms. The van der Waals surface area contributed by atoms with E-state index in [0.717, 1.165) is 22.3 Å². The summed E-state index contributed by atoms with van der Waals surface area (Å²) in [5.74, 6) is -2.65. The van der Waals surface area contributed by atoms with Gasteiger partial charge in [0.25, 0.3) is 0 Å². The van der Waals surface area contributed by atoms with Crippen LogP contribution < -0.4 is 5.73 Å². The van der Waals surface area contributed by atoms with E-state index in [9.17, 15) is 14.7 Å². The van der Waals surface area contributed by atoms with Crippen molar-refractivity contribution < 1.29 is 19.4 Å². The Morgan fingerprint density at radius 1 is 0.968 bits per heavy atom. The number of carboxylic acids is 1. The Bertz CT molecular complexity index is 1080. The van der Waals surface area contributed by atoms with E-state index in [4.69, 9.17) is 22.1 Å². The maximum Gasteiger partial charge on any atom is 0.315 e. The monoisotopic (exact) mass is 435 g/mol. The van der Waals surface area contributed by atoms with Gasteiger partial charge in [-0.25, -0.2) is 0 Å². The molecular weight excluding hydrogens is 414 g/mol. The number of carbonyl (C=O) groups excluding carboxylic acids is 1. The van der Waals surface area contributed by atoms with Gasteiger partial charge in [-0.05, 0) is 39.9 Å². The first-order valence-corrected chi connectivity index (χ1v) is 10.4. The van der Waals surface area contributed by atoms with Gasteiger partial charge in [-0.1, -0.05) is 72.3 Å². The molecule has 0 aliphatic heterocycles. The molecule has 1 unspecified atom stereocenters. The lowest BCUT2D eigenvalue weighted by Crippen LogP contribution is -2.37. The van der Waals surface area contributed by atoms with Crippen LogP contribution in [0.25, 0.3) is 11.1 Å². The molecule has 0 aromatic heterocycles. The smallest absolute Gasteiger partial charge is 0.315 e. The zero-order valence-electron chi connectivity index (χ0n) is 16.7. The number of hydrogen-bond acceptors (Lipinski definition) is 4. The Morgan fingerprint density at radius 2 is 1.58 bits per heavy atom. The third-order valence-corrected chi connectivity index (χ3v) is 5.89. The van der Waals surface area contributed by atoms with E-state index >= 15 is 0 Å². The van der Waals surface area contributed by atoms with Crippen molar-refractivity contribution in [2.24, 2.45) is 5.73 Å². The number of ether oxygens (including phenoxy) is 1. The molecule has 0 fully saturated rings. The highest BCUT2D eigenvalue weighted by Gasteiger charge is 2.33. The number of fused-ring (bicyclic) bond motifs is 3. The lowest BCUT2D eigenvalue weighted by Gasteiger charge is -2.23. The summed E-state index contributed by atoms with van der Waals surface area (Å²) in [6, 6.07) is 21.9. The number of aliphatic carboxylic acids is 1. The number of rotatable bonds is 7. The van der Waals surface area contributed by atoms with Gasteiger partial charge < -0.3 is 15.6 Å². The molecule has 2 atom stereocenters. The van der Waals surface area contributed by atoms with E-state index in [-0.39, 0.29) is 18.9 Å². The highest BCUT2D eigenvalue weighted by molar-refractivity contribution is 6.30. The van der Waals surface area contributed by atoms with Crippen LogP contribution in [0.5, 0.6) is 0 Å². The summed E-state index contributed by atoms with van der Waals surface area (Å²) in [6.07, 6.45) is -0.360. The van der Waals surface area contributed by atoms with Gasteiger partial charge in [-0.2, -0.15) is 0 Å². The minimum atomic E-state index is -1.08. The third kappa shape index (κ3) is 4.33. The van der Waals surface area contributed by atoms with Crippen molar-refractivity contribution >= 4 is 23.5 Å². The fourth-order valence-corrected chi connectivity index (χ4v) is 4.47. The van der Waals surface area contributed by atoms with Gasteiger partial charge in [0.2, 0.25) is 0 Å². The lowest BCUT2D eigenvalue weighted by molar-refractivity contribution is -0.146. The number of halogens is 1. The standard InChI is InChI=1S/C25H22ClNO4/c26-16-7-5-6-15(12-16)24(22(27)13-23(28)29)25(30)31-14-21-19-10-3-1-8-17(19)18-9-2-4-11-20(18)21/h1-12,21-22,24H,13-14,27H2,(H,28,29)/t22-,24?/m0/s1. The van der Waals surface area contributed by atoms with Gasteiger partial charge in [-0.3, -0.25) is 9.59 Å². The van der Waals surface area contributed by atoms with E-state index in [1.54, 1.807) is 24.3 Å². The van der Waals surface area contributed by atoms with Crippen molar-refractivity contribution in [3.63, 3.8) is 0 Å². The molecule has 31 heavy (non-hydrogen) atoms. The number of carboxylic acid groups (broad SMARTS) is 1. The second kappa shape index (κ2) is 8.92. The Labute approximate surface area is 185 Å². The molecule has 3 aromatic rings. The van der Waals surface area contributed by atoms with Crippen LogP contribution in [0, 0.1) is 0 Å². The second-order valence-electron chi connectivity index (χ2n) is 7.65. The van der Waals surface area contributed by atoms with Crippen LogP contribution >= 0.6 is 11.6 Å². The van der Waals surface area contributed by atoms with E-state index in [1.807, 2.05) is 36.4 Å². The first-order valence-electron chi connectivity index (χ1n) is 10.0. The molecular formula is C25H22ClNO4. The Hall–Kier alpha value is -3.15. The van der Waals surface area contributed by atoms with Crippen molar-refractivity contribution in [2.45, 2.75) is 24.3 Å². The second-order valence-corrected chi connectivity index (χ2v) is 8.09. The summed E-state index contributed by atoms with van der Waals surface area (Å²) < 4.78 is 5.74. The lowest BCUT2D eigenvalue weighted by atomic mass is 9.90. The summed E-state index contributed by atoms with van der Waals surface area (Å²) in [7, 11) is 0.